The van der Waals surface area contributed by atoms with Crippen LogP contribution in [0.1, 0.15) is 41.5 Å². The third kappa shape index (κ3) is 2.73. The number of morpholine rings is 1. The molecule has 1 aliphatic heterocycles. The molecule has 0 radical (unpaired) electrons. The van der Waals surface area contributed by atoms with Crippen LogP contribution in [-0.4, -0.2) is 44.3 Å². The van der Waals surface area contributed by atoms with Gasteiger partial charge >= 0.3 is 0 Å². The SMILES string of the molecule is CC(C)(C)C1(C(C)(C)C)CN(S(C)(=O)=O)CCO1. The molecule has 0 aliphatic carbocycles. The van der Waals surface area contributed by atoms with E-state index in [1.165, 1.54) is 6.26 Å². The average Bonchev–Trinajstić information content (AvgIpc) is 2.13. The summed E-state index contributed by atoms with van der Waals surface area (Å²) in [7, 11) is -3.16. The van der Waals surface area contributed by atoms with Crippen LogP contribution in [0.2, 0.25) is 0 Å². The Bertz CT molecular complexity index is 387. The first-order chi connectivity index (χ1) is 7.81. The van der Waals surface area contributed by atoms with Crippen molar-refractivity contribution in [1.82, 2.24) is 4.31 Å². The van der Waals surface area contributed by atoms with Gasteiger partial charge in [0.2, 0.25) is 10.0 Å². The molecule has 0 aromatic heterocycles. The molecular formula is C13H27NO3S. The second-order valence-electron chi connectivity index (χ2n) is 7.27. The Morgan fingerprint density at radius 3 is 1.83 bits per heavy atom. The summed E-state index contributed by atoms with van der Waals surface area (Å²) < 4.78 is 31.3. The van der Waals surface area contributed by atoms with Gasteiger partial charge in [0.05, 0.1) is 18.5 Å². The van der Waals surface area contributed by atoms with Crippen molar-refractivity contribution in [3.8, 4) is 0 Å². The first kappa shape index (κ1) is 15.9. The average molecular weight is 277 g/mol. The third-order valence-electron chi connectivity index (χ3n) is 3.98. The molecule has 0 unspecified atom stereocenters. The van der Waals surface area contributed by atoms with Crippen LogP contribution in [0, 0.1) is 10.8 Å². The topological polar surface area (TPSA) is 46.6 Å². The highest BCUT2D eigenvalue weighted by molar-refractivity contribution is 7.88. The van der Waals surface area contributed by atoms with Crippen molar-refractivity contribution < 1.29 is 13.2 Å². The van der Waals surface area contributed by atoms with E-state index in [0.29, 0.717) is 19.7 Å². The molecule has 0 saturated carbocycles. The van der Waals surface area contributed by atoms with E-state index < -0.39 is 15.6 Å². The van der Waals surface area contributed by atoms with Crippen LogP contribution in [0.25, 0.3) is 0 Å². The Morgan fingerprint density at radius 1 is 1.06 bits per heavy atom. The zero-order chi connectivity index (χ0) is 14.4. The fourth-order valence-corrected chi connectivity index (χ4v) is 3.83. The first-order valence-corrected chi connectivity index (χ1v) is 8.25. The van der Waals surface area contributed by atoms with Crippen LogP contribution in [0.15, 0.2) is 0 Å². The molecule has 1 fully saturated rings. The van der Waals surface area contributed by atoms with E-state index in [2.05, 4.69) is 41.5 Å². The zero-order valence-corrected chi connectivity index (χ0v) is 13.5. The molecule has 108 valence electrons. The van der Waals surface area contributed by atoms with Crippen LogP contribution in [0.5, 0.6) is 0 Å². The minimum Gasteiger partial charge on any atom is -0.371 e. The fraction of sp³-hybridized carbons (Fsp3) is 1.00. The maximum Gasteiger partial charge on any atom is 0.211 e. The van der Waals surface area contributed by atoms with E-state index in [0.717, 1.165) is 0 Å². The standard InChI is InChI=1S/C13H27NO3S/c1-11(2,3)13(12(4,5)6)10-14(8-9-17-13)18(7,15)16/h8-10H2,1-7H3. The summed E-state index contributed by atoms with van der Waals surface area (Å²) in [5.74, 6) is 0. The van der Waals surface area contributed by atoms with Gasteiger partial charge in [-0.3, -0.25) is 0 Å². The fourth-order valence-electron chi connectivity index (χ4n) is 3.01. The Balaban J connectivity index is 3.22. The van der Waals surface area contributed by atoms with Gasteiger partial charge in [-0.25, -0.2) is 8.42 Å². The zero-order valence-electron chi connectivity index (χ0n) is 12.7. The quantitative estimate of drug-likeness (QED) is 0.737. The Hall–Kier alpha value is -0.130. The molecule has 0 spiro atoms. The lowest BCUT2D eigenvalue weighted by atomic mass is 9.62. The highest BCUT2D eigenvalue weighted by atomic mass is 32.2. The van der Waals surface area contributed by atoms with Crippen molar-refractivity contribution in [3.63, 3.8) is 0 Å². The first-order valence-electron chi connectivity index (χ1n) is 6.40. The van der Waals surface area contributed by atoms with Crippen LogP contribution >= 0.6 is 0 Å². The number of sulfonamides is 1. The lowest BCUT2D eigenvalue weighted by Gasteiger charge is -2.56. The minimum absolute atomic E-state index is 0.130. The Labute approximate surface area is 112 Å². The molecule has 1 rings (SSSR count). The second-order valence-corrected chi connectivity index (χ2v) is 9.25. The maximum atomic E-state index is 11.8. The molecule has 0 aromatic rings. The molecule has 4 nitrogen and oxygen atoms in total. The number of hydrogen-bond acceptors (Lipinski definition) is 3. The third-order valence-corrected chi connectivity index (χ3v) is 5.23. The molecular weight excluding hydrogens is 250 g/mol. The number of ether oxygens (including phenoxy) is 1. The summed E-state index contributed by atoms with van der Waals surface area (Å²) in [6.45, 7) is 14.0. The van der Waals surface area contributed by atoms with Gasteiger partial charge in [-0.05, 0) is 10.8 Å². The monoisotopic (exact) mass is 277 g/mol. The summed E-state index contributed by atoms with van der Waals surface area (Å²) in [6, 6.07) is 0. The van der Waals surface area contributed by atoms with Gasteiger partial charge < -0.3 is 4.74 Å². The molecule has 18 heavy (non-hydrogen) atoms. The van der Waals surface area contributed by atoms with Crippen LogP contribution in [-0.2, 0) is 14.8 Å². The second kappa shape index (κ2) is 4.46. The van der Waals surface area contributed by atoms with E-state index in [1.54, 1.807) is 4.31 Å². The highest BCUT2D eigenvalue weighted by Crippen LogP contribution is 2.48. The van der Waals surface area contributed by atoms with Crippen molar-refractivity contribution in [2.24, 2.45) is 10.8 Å². The molecule has 0 N–H and O–H groups in total. The summed E-state index contributed by atoms with van der Waals surface area (Å²) in [5.41, 5.74) is -0.732. The van der Waals surface area contributed by atoms with E-state index in [4.69, 9.17) is 4.74 Å². The number of rotatable bonds is 1. The van der Waals surface area contributed by atoms with Gasteiger partial charge in [-0.15, -0.1) is 0 Å². The molecule has 0 amide bonds. The summed E-state index contributed by atoms with van der Waals surface area (Å²) in [6.07, 6.45) is 1.27. The molecule has 1 heterocycles. The molecule has 1 aliphatic rings. The van der Waals surface area contributed by atoms with Gasteiger partial charge in [0.15, 0.2) is 0 Å². The van der Waals surface area contributed by atoms with Crippen molar-refractivity contribution >= 4 is 10.0 Å². The maximum absolute atomic E-state index is 11.8. The van der Waals surface area contributed by atoms with Gasteiger partial charge in [-0.2, -0.15) is 4.31 Å². The smallest absolute Gasteiger partial charge is 0.211 e. The van der Waals surface area contributed by atoms with E-state index >= 15 is 0 Å². The van der Waals surface area contributed by atoms with Gasteiger partial charge in [0, 0.05) is 13.1 Å². The van der Waals surface area contributed by atoms with Crippen LogP contribution in [0.4, 0.5) is 0 Å². The Kier molecular flexibility index (Phi) is 3.94. The molecule has 0 bridgehead atoms. The minimum atomic E-state index is -3.16. The lowest BCUT2D eigenvalue weighted by Crippen LogP contribution is -2.65. The van der Waals surface area contributed by atoms with Crippen molar-refractivity contribution in [2.45, 2.75) is 47.1 Å². The van der Waals surface area contributed by atoms with E-state index in [9.17, 15) is 8.42 Å². The van der Waals surface area contributed by atoms with Gasteiger partial charge in [-0.1, -0.05) is 41.5 Å². The van der Waals surface area contributed by atoms with Crippen LogP contribution < -0.4 is 0 Å². The van der Waals surface area contributed by atoms with Crippen molar-refractivity contribution in [3.05, 3.63) is 0 Å². The number of hydrogen-bond donors (Lipinski definition) is 0. The summed E-state index contributed by atoms with van der Waals surface area (Å²) in [5, 5.41) is 0. The molecule has 0 aromatic carbocycles. The largest absolute Gasteiger partial charge is 0.371 e. The van der Waals surface area contributed by atoms with Crippen molar-refractivity contribution in [2.75, 3.05) is 26.0 Å². The predicted octanol–water partition coefficient (Wildman–Crippen LogP) is 2.11. The van der Waals surface area contributed by atoms with Crippen LogP contribution in [0.3, 0.4) is 0 Å². The summed E-state index contributed by atoms with van der Waals surface area (Å²) in [4.78, 5) is 0. The lowest BCUT2D eigenvalue weighted by molar-refractivity contribution is -0.206. The van der Waals surface area contributed by atoms with Crippen molar-refractivity contribution in [1.29, 1.82) is 0 Å². The van der Waals surface area contributed by atoms with E-state index in [-0.39, 0.29) is 10.8 Å². The van der Waals surface area contributed by atoms with Gasteiger partial charge in [0.1, 0.15) is 0 Å². The van der Waals surface area contributed by atoms with Gasteiger partial charge in [0.25, 0.3) is 0 Å². The molecule has 5 heteroatoms. The normalized spacial score (nSPS) is 23.1. The highest BCUT2D eigenvalue weighted by Gasteiger charge is 2.55. The van der Waals surface area contributed by atoms with E-state index in [1.807, 2.05) is 0 Å². The number of nitrogens with zero attached hydrogens (tertiary/aromatic N) is 1. The predicted molar refractivity (Wildman–Crippen MR) is 74.0 cm³/mol. The summed E-state index contributed by atoms with van der Waals surface area (Å²) >= 11 is 0. The molecule has 1 saturated heterocycles. The molecule has 0 atom stereocenters. The Morgan fingerprint density at radius 2 is 1.50 bits per heavy atom.